The van der Waals surface area contributed by atoms with Gasteiger partial charge < -0.3 is 14.1 Å². The molecule has 126 valence electrons. The first-order valence-corrected chi connectivity index (χ1v) is 9.36. The van der Waals surface area contributed by atoms with Gasteiger partial charge in [0.05, 0.1) is 18.6 Å². The zero-order valence-corrected chi connectivity index (χ0v) is 14.3. The number of carbonyl (C=O) groups excluding carboxylic acids is 1. The maximum atomic E-state index is 12.9. The Kier molecular flexibility index (Phi) is 4.54. The molecular formula is C19H21NO3S. The molecule has 5 heteroatoms. The summed E-state index contributed by atoms with van der Waals surface area (Å²) in [5, 5.41) is 2.16. The molecule has 2 aromatic rings. The summed E-state index contributed by atoms with van der Waals surface area (Å²) in [5.41, 5.74) is 2.33. The van der Waals surface area contributed by atoms with Crippen LogP contribution in [0.15, 0.2) is 40.5 Å². The molecule has 1 atom stereocenters. The predicted octanol–water partition coefficient (Wildman–Crippen LogP) is 3.91. The van der Waals surface area contributed by atoms with E-state index >= 15 is 0 Å². The summed E-state index contributed by atoms with van der Waals surface area (Å²) in [6, 6.07) is 4.27. The Morgan fingerprint density at radius 2 is 2.17 bits per heavy atom. The van der Waals surface area contributed by atoms with Crippen molar-refractivity contribution in [1.82, 2.24) is 4.90 Å². The maximum Gasteiger partial charge on any atom is 0.247 e. The Labute approximate surface area is 145 Å². The van der Waals surface area contributed by atoms with Gasteiger partial charge in [-0.2, -0.15) is 0 Å². The fraction of sp³-hybridized carbons (Fsp3) is 0.421. The molecule has 0 aromatic carbocycles. The van der Waals surface area contributed by atoms with E-state index in [1.807, 2.05) is 12.1 Å². The Hall–Kier alpha value is -1.85. The quantitative estimate of drug-likeness (QED) is 0.794. The Bertz CT molecular complexity index is 713. The van der Waals surface area contributed by atoms with Crippen molar-refractivity contribution in [1.29, 1.82) is 0 Å². The van der Waals surface area contributed by atoms with Crippen molar-refractivity contribution in [2.75, 3.05) is 19.8 Å². The Morgan fingerprint density at radius 3 is 2.96 bits per heavy atom. The third kappa shape index (κ3) is 3.06. The topological polar surface area (TPSA) is 42.7 Å². The van der Waals surface area contributed by atoms with E-state index in [-0.39, 0.29) is 11.9 Å². The standard InChI is InChI=1S/C19H21NO3S/c21-17(2-1-14-4-9-23-13-14)20-8-3-16-7-12-24-19(16)18(20)15-5-10-22-11-6-15/h1-2,4,7,9,12-13,15,18H,3,5-6,8,10-11H2/b2-1+. The zero-order valence-electron chi connectivity index (χ0n) is 13.5. The van der Waals surface area contributed by atoms with E-state index in [1.165, 1.54) is 10.4 Å². The molecule has 4 heterocycles. The smallest absolute Gasteiger partial charge is 0.247 e. The van der Waals surface area contributed by atoms with Crippen molar-refractivity contribution in [3.05, 3.63) is 52.1 Å². The van der Waals surface area contributed by atoms with Crippen LogP contribution >= 0.6 is 11.3 Å². The van der Waals surface area contributed by atoms with Gasteiger partial charge in [0.15, 0.2) is 0 Å². The van der Waals surface area contributed by atoms with E-state index in [4.69, 9.17) is 9.15 Å². The number of ether oxygens (including phenoxy) is 1. The van der Waals surface area contributed by atoms with Crippen molar-refractivity contribution < 1.29 is 13.9 Å². The largest absolute Gasteiger partial charge is 0.472 e. The fourth-order valence-corrected chi connectivity index (χ4v) is 4.87. The molecule has 4 nitrogen and oxygen atoms in total. The number of carbonyl (C=O) groups is 1. The second-order valence-electron chi connectivity index (χ2n) is 6.38. The highest BCUT2D eigenvalue weighted by atomic mass is 32.1. The second-order valence-corrected chi connectivity index (χ2v) is 7.32. The summed E-state index contributed by atoms with van der Waals surface area (Å²) < 4.78 is 10.6. The third-order valence-corrected chi connectivity index (χ3v) is 5.99. The SMILES string of the molecule is O=C(/C=C/c1ccoc1)N1CCc2ccsc2C1C1CCOCC1. The molecule has 1 saturated heterocycles. The lowest BCUT2D eigenvalue weighted by Crippen LogP contribution is -2.43. The molecule has 0 saturated carbocycles. The van der Waals surface area contributed by atoms with Crippen molar-refractivity contribution in [3.8, 4) is 0 Å². The molecule has 0 aliphatic carbocycles. The van der Waals surface area contributed by atoms with Gasteiger partial charge in [0, 0.05) is 36.3 Å². The number of hydrogen-bond acceptors (Lipinski definition) is 4. The molecule has 2 aromatic heterocycles. The summed E-state index contributed by atoms with van der Waals surface area (Å²) in [6.07, 6.45) is 9.77. The minimum Gasteiger partial charge on any atom is -0.472 e. The molecule has 2 aliphatic heterocycles. The van der Waals surface area contributed by atoms with E-state index < -0.39 is 0 Å². The van der Waals surface area contributed by atoms with Crippen LogP contribution in [-0.4, -0.2) is 30.6 Å². The molecule has 0 N–H and O–H groups in total. The van der Waals surface area contributed by atoms with Gasteiger partial charge in [-0.25, -0.2) is 0 Å². The van der Waals surface area contributed by atoms with Crippen LogP contribution in [0.4, 0.5) is 0 Å². The van der Waals surface area contributed by atoms with Gasteiger partial charge in [-0.15, -0.1) is 11.3 Å². The predicted molar refractivity (Wildman–Crippen MR) is 93.8 cm³/mol. The molecule has 0 radical (unpaired) electrons. The average molecular weight is 343 g/mol. The molecule has 2 aliphatic rings. The van der Waals surface area contributed by atoms with E-state index in [0.717, 1.165) is 44.6 Å². The first-order chi connectivity index (χ1) is 11.8. The van der Waals surface area contributed by atoms with Crippen LogP contribution in [0.25, 0.3) is 6.08 Å². The van der Waals surface area contributed by atoms with Crippen LogP contribution in [-0.2, 0) is 16.0 Å². The highest BCUT2D eigenvalue weighted by molar-refractivity contribution is 7.10. The lowest BCUT2D eigenvalue weighted by Gasteiger charge is -2.41. The summed E-state index contributed by atoms with van der Waals surface area (Å²) in [7, 11) is 0. The Balaban J connectivity index is 1.59. The van der Waals surface area contributed by atoms with Crippen LogP contribution in [0.5, 0.6) is 0 Å². The summed E-state index contributed by atoms with van der Waals surface area (Å²) >= 11 is 1.79. The first kappa shape index (κ1) is 15.7. The number of nitrogens with zero attached hydrogens (tertiary/aromatic N) is 1. The van der Waals surface area contributed by atoms with Crippen LogP contribution in [0.1, 0.15) is 34.9 Å². The van der Waals surface area contributed by atoms with Gasteiger partial charge in [0.2, 0.25) is 5.91 Å². The molecule has 1 amide bonds. The lowest BCUT2D eigenvalue weighted by molar-refractivity contribution is -0.131. The lowest BCUT2D eigenvalue weighted by atomic mass is 9.85. The van der Waals surface area contributed by atoms with Gasteiger partial charge in [-0.05, 0) is 54.3 Å². The third-order valence-electron chi connectivity index (χ3n) is 4.96. The fourth-order valence-electron chi connectivity index (χ4n) is 3.72. The minimum atomic E-state index is 0.0896. The number of fused-ring (bicyclic) bond motifs is 1. The van der Waals surface area contributed by atoms with Gasteiger partial charge in [-0.1, -0.05) is 0 Å². The van der Waals surface area contributed by atoms with Crippen LogP contribution in [0.2, 0.25) is 0 Å². The molecule has 0 bridgehead atoms. The van der Waals surface area contributed by atoms with Crippen LogP contribution < -0.4 is 0 Å². The first-order valence-electron chi connectivity index (χ1n) is 8.48. The van der Waals surface area contributed by atoms with Crippen molar-refractivity contribution >= 4 is 23.3 Å². The monoisotopic (exact) mass is 343 g/mol. The van der Waals surface area contributed by atoms with Gasteiger partial charge in [-0.3, -0.25) is 4.79 Å². The zero-order chi connectivity index (χ0) is 16.4. The maximum absolute atomic E-state index is 12.9. The molecule has 1 unspecified atom stereocenters. The molecule has 1 fully saturated rings. The molecule has 0 spiro atoms. The molecule has 24 heavy (non-hydrogen) atoms. The van der Waals surface area contributed by atoms with Crippen molar-refractivity contribution in [2.45, 2.75) is 25.3 Å². The van der Waals surface area contributed by atoms with E-state index in [1.54, 1.807) is 29.9 Å². The number of thiophene rings is 1. The Morgan fingerprint density at radius 1 is 1.29 bits per heavy atom. The molecule has 4 rings (SSSR count). The highest BCUT2D eigenvalue weighted by Gasteiger charge is 2.37. The van der Waals surface area contributed by atoms with E-state index in [9.17, 15) is 4.79 Å². The van der Waals surface area contributed by atoms with Crippen molar-refractivity contribution in [3.63, 3.8) is 0 Å². The normalized spacial score (nSPS) is 22.0. The van der Waals surface area contributed by atoms with Gasteiger partial charge in [0.25, 0.3) is 0 Å². The van der Waals surface area contributed by atoms with E-state index in [2.05, 4.69) is 16.3 Å². The molecular weight excluding hydrogens is 322 g/mol. The second kappa shape index (κ2) is 6.95. The number of amides is 1. The average Bonchev–Trinajstić information content (AvgIpc) is 3.30. The summed E-state index contributed by atoms with van der Waals surface area (Å²) in [5.74, 6) is 0.578. The van der Waals surface area contributed by atoms with Crippen molar-refractivity contribution in [2.24, 2.45) is 5.92 Å². The van der Waals surface area contributed by atoms with Crippen LogP contribution in [0.3, 0.4) is 0 Å². The summed E-state index contributed by atoms with van der Waals surface area (Å²) in [4.78, 5) is 16.3. The number of rotatable bonds is 3. The van der Waals surface area contributed by atoms with E-state index in [0.29, 0.717) is 5.92 Å². The van der Waals surface area contributed by atoms with Crippen LogP contribution in [0, 0.1) is 5.92 Å². The van der Waals surface area contributed by atoms with Gasteiger partial charge >= 0.3 is 0 Å². The minimum absolute atomic E-state index is 0.0896. The van der Waals surface area contributed by atoms with Gasteiger partial charge in [0.1, 0.15) is 0 Å². The number of furan rings is 1. The highest BCUT2D eigenvalue weighted by Crippen LogP contribution is 2.42. The number of hydrogen-bond donors (Lipinski definition) is 0. The summed E-state index contributed by atoms with van der Waals surface area (Å²) in [6.45, 7) is 2.39.